The molecule has 8 nitrogen and oxygen atoms in total. The predicted molar refractivity (Wildman–Crippen MR) is 81.5 cm³/mol. The van der Waals surface area contributed by atoms with Crippen molar-refractivity contribution in [3.8, 4) is 0 Å². The maximum absolute atomic E-state index is 12.1. The van der Waals surface area contributed by atoms with Crippen molar-refractivity contribution in [2.45, 2.75) is 51.6 Å². The summed E-state index contributed by atoms with van der Waals surface area (Å²) in [6.07, 6.45) is 1.88. The molecule has 2 aliphatic rings. The molecule has 3 heterocycles. The first kappa shape index (κ1) is 15.9. The van der Waals surface area contributed by atoms with Gasteiger partial charge in [-0.2, -0.15) is 4.98 Å². The lowest BCUT2D eigenvalue weighted by atomic mass is 9.80. The zero-order valence-corrected chi connectivity index (χ0v) is 13.8. The van der Waals surface area contributed by atoms with Gasteiger partial charge in [0.2, 0.25) is 5.89 Å². The number of nitrogens with zero attached hydrogens (tertiary/aromatic N) is 3. The summed E-state index contributed by atoms with van der Waals surface area (Å²) in [5, 5.41) is 9.14. The van der Waals surface area contributed by atoms with Gasteiger partial charge in [-0.1, -0.05) is 19.0 Å². The average Bonchev–Trinajstić information content (AvgIpc) is 3.05. The number of likely N-dealkylation sites (tertiary alicyclic amines) is 1. The number of carbonyl (C=O) groups excluding carboxylic acids is 2. The summed E-state index contributed by atoms with van der Waals surface area (Å²) in [6, 6.07) is -0.408. The molecule has 0 radical (unpaired) electrons. The van der Waals surface area contributed by atoms with Crippen LogP contribution < -0.4 is 10.6 Å². The van der Waals surface area contributed by atoms with E-state index in [1.54, 1.807) is 6.92 Å². The Kier molecular flexibility index (Phi) is 4.09. The summed E-state index contributed by atoms with van der Waals surface area (Å²) in [5.74, 6) is 1.35. The number of hydrogen-bond acceptors (Lipinski definition) is 6. The smallest absolute Gasteiger partial charge is 0.322 e. The summed E-state index contributed by atoms with van der Waals surface area (Å²) in [7, 11) is 0. The zero-order chi connectivity index (χ0) is 16.6. The van der Waals surface area contributed by atoms with E-state index in [1.165, 1.54) is 0 Å². The largest absolute Gasteiger partial charge is 0.339 e. The monoisotopic (exact) mass is 321 g/mol. The quantitative estimate of drug-likeness (QED) is 0.803. The molecule has 3 amide bonds. The molecule has 1 aromatic heterocycles. The van der Waals surface area contributed by atoms with Crippen LogP contribution in [0.5, 0.6) is 0 Å². The van der Waals surface area contributed by atoms with Gasteiger partial charge in [0.25, 0.3) is 5.91 Å². The van der Waals surface area contributed by atoms with Crippen molar-refractivity contribution in [1.82, 2.24) is 25.7 Å². The van der Waals surface area contributed by atoms with Gasteiger partial charge in [0.1, 0.15) is 5.54 Å². The van der Waals surface area contributed by atoms with E-state index in [-0.39, 0.29) is 17.7 Å². The Morgan fingerprint density at radius 2 is 2.22 bits per heavy atom. The second-order valence-electron chi connectivity index (χ2n) is 6.89. The second-order valence-corrected chi connectivity index (χ2v) is 6.89. The van der Waals surface area contributed by atoms with Gasteiger partial charge >= 0.3 is 6.03 Å². The van der Waals surface area contributed by atoms with Crippen molar-refractivity contribution in [2.75, 3.05) is 13.1 Å². The highest BCUT2D eigenvalue weighted by molar-refractivity contribution is 6.06. The van der Waals surface area contributed by atoms with Crippen LogP contribution in [0.2, 0.25) is 0 Å². The number of piperidine rings is 1. The van der Waals surface area contributed by atoms with Crippen LogP contribution in [0.25, 0.3) is 0 Å². The van der Waals surface area contributed by atoms with E-state index in [4.69, 9.17) is 4.52 Å². The van der Waals surface area contributed by atoms with Crippen LogP contribution in [0, 0.1) is 5.92 Å². The lowest BCUT2D eigenvalue weighted by molar-refractivity contribution is -0.126. The minimum absolute atomic E-state index is 0.0687. The first-order valence-corrected chi connectivity index (χ1v) is 8.07. The van der Waals surface area contributed by atoms with E-state index in [0.717, 1.165) is 25.9 Å². The van der Waals surface area contributed by atoms with E-state index in [9.17, 15) is 9.59 Å². The zero-order valence-electron chi connectivity index (χ0n) is 13.8. The van der Waals surface area contributed by atoms with E-state index in [0.29, 0.717) is 18.3 Å². The van der Waals surface area contributed by atoms with Crippen LogP contribution in [-0.4, -0.2) is 45.6 Å². The lowest BCUT2D eigenvalue weighted by Crippen LogP contribution is -2.55. The van der Waals surface area contributed by atoms with Crippen molar-refractivity contribution < 1.29 is 14.1 Å². The third-order valence-corrected chi connectivity index (χ3v) is 4.74. The number of urea groups is 1. The van der Waals surface area contributed by atoms with E-state index in [1.807, 2.05) is 13.8 Å². The third kappa shape index (κ3) is 3.08. The number of hydrogen-bond donors (Lipinski definition) is 2. The van der Waals surface area contributed by atoms with Crippen LogP contribution in [0.3, 0.4) is 0 Å². The highest BCUT2D eigenvalue weighted by atomic mass is 16.5. The van der Waals surface area contributed by atoms with Crippen molar-refractivity contribution in [2.24, 2.45) is 5.92 Å². The summed E-state index contributed by atoms with van der Waals surface area (Å²) in [5.41, 5.74) is -0.837. The number of rotatable bonds is 4. The Morgan fingerprint density at radius 3 is 2.83 bits per heavy atom. The third-order valence-electron chi connectivity index (χ3n) is 4.74. The van der Waals surface area contributed by atoms with Gasteiger partial charge in [0.05, 0.1) is 6.54 Å². The number of imide groups is 1. The fourth-order valence-corrected chi connectivity index (χ4v) is 3.28. The molecule has 0 unspecified atom stereocenters. The number of amides is 3. The van der Waals surface area contributed by atoms with Gasteiger partial charge in [0, 0.05) is 18.4 Å². The lowest BCUT2D eigenvalue weighted by Gasteiger charge is -2.39. The fourth-order valence-electron chi connectivity index (χ4n) is 3.28. The first-order valence-electron chi connectivity index (χ1n) is 8.07. The fraction of sp³-hybridized carbons (Fsp3) is 0.733. The molecule has 2 saturated heterocycles. The van der Waals surface area contributed by atoms with Gasteiger partial charge < -0.3 is 9.84 Å². The van der Waals surface area contributed by atoms with E-state index < -0.39 is 11.6 Å². The van der Waals surface area contributed by atoms with Crippen LogP contribution in [0.1, 0.15) is 51.2 Å². The molecule has 2 atom stereocenters. The maximum atomic E-state index is 12.1. The van der Waals surface area contributed by atoms with Crippen LogP contribution >= 0.6 is 0 Å². The van der Waals surface area contributed by atoms with Crippen molar-refractivity contribution in [1.29, 1.82) is 0 Å². The van der Waals surface area contributed by atoms with Crippen LogP contribution in [0.15, 0.2) is 4.52 Å². The highest BCUT2D eigenvalue weighted by Crippen LogP contribution is 2.30. The molecule has 0 saturated carbocycles. The van der Waals surface area contributed by atoms with Gasteiger partial charge in [-0.25, -0.2) is 4.79 Å². The topological polar surface area (TPSA) is 100 Å². The molecule has 2 aliphatic heterocycles. The minimum Gasteiger partial charge on any atom is -0.339 e. The minimum atomic E-state index is -0.837. The SMILES string of the molecule is CC(C)c1nc(CN2CCC[C@@H]([C@]3(C)NC(=O)NC3=O)C2)no1. The molecule has 3 rings (SSSR count). The summed E-state index contributed by atoms with van der Waals surface area (Å²) in [4.78, 5) is 30.2. The van der Waals surface area contributed by atoms with Gasteiger partial charge in [-0.3, -0.25) is 15.0 Å². The average molecular weight is 321 g/mol. The Hall–Kier alpha value is -1.96. The molecule has 2 fully saturated rings. The maximum Gasteiger partial charge on any atom is 0.322 e. The molecule has 0 spiro atoms. The molecular formula is C15H23N5O3. The molecule has 23 heavy (non-hydrogen) atoms. The normalized spacial score (nSPS) is 29.0. The molecule has 1 aromatic rings. The van der Waals surface area contributed by atoms with Crippen LogP contribution in [-0.2, 0) is 11.3 Å². The summed E-state index contributed by atoms with van der Waals surface area (Å²) in [6.45, 7) is 8.06. The van der Waals surface area contributed by atoms with Crippen molar-refractivity contribution in [3.63, 3.8) is 0 Å². The molecular weight excluding hydrogens is 298 g/mol. The molecule has 0 aromatic carbocycles. The predicted octanol–water partition coefficient (Wildman–Crippen LogP) is 1.00. The standard InChI is InChI=1S/C15H23N5O3/c1-9(2)12-16-11(19-23-12)8-20-6-4-5-10(7-20)15(3)13(21)17-14(22)18-15/h9-10H,4-8H2,1-3H3,(H2,17,18,21,22)/t10-,15+/m1/s1. The second kappa shape index (κ2) is 5.92. The van der Waals surface area contributed by atoms with E-state index >= 15 is 0 Å². The number of aromatic nitrogens is 2. The highest BCUT2D eigenvalue weighted by Gasteiger charge is 2.48. The molecule has 2 N–H and O–H groups in total. The Bertz CT molecular complexity index is 614. The van der Waals surface area contributed by atoms with Crippen molar-refractivity contribution in [3.05, 3.63) is 11.7 Å². The first-order chi connectivity index (χ1) is 10.9. The molecule has 0 bridgehead atoms. The Balaban J connectivity index is 1.66. The molecule has 8 heteroatoms. The Morgan fingerprint density at radius 1 is 1.43 bits per heavy atom. The van der Waals surface area contributed by atoms with Crippen LogP contribution in [0.4, 0.5) is 4.79 Å². The summed E-state index contributed by atoms with van der Waals surface area (Å²) < 4.78 is 5.24. The van der Waals surface area contributed by atoms with E-state index in [2.05, 4.69) is 25.7 Å². The number of carbonyl (C=O) groups is 2. The molecule has 126 valence electrons. The van der Waals surface area contributed by atoms with Gasteiger partial charge in [0.15, 0.2) is 5.82 Å². The Labute approximate surface area is 135 Å². The molecule has 0 aliphatic carbocycles. The number of nitrogens with one attached hydrogen (secondary N) is 2. The van der Waals surface area contributed by atoms with Crippen molar-refractivity contribution >= 4 is 11.9 Å². The van der Waals surface area contributed by atoms with Gasteiger partial charge in [-0.15, -0.1) is 0 Å². The summed E-state index contributed by atoms with van der Waals surface area (Å²) >= 11 is 0. The van der Waals surface area contributed by atoms with Gasteiger partial charge in [-0.05, 0) is 26.3 Å².